The van der Waals surface area contributed by atoms with Gasteiger partial charge in [0.25, 0.3) is 0 Å². The molecule has 7 nitrogen and oxygen atoms in total. The number of amides is 1. The summed E-state index contributed by atoms with van der Waals surface area (Å²) in [5.74, 6) is 0.471. The molecule has 1 amide bonds. The minimum Gasteiger partial charge on any atom is -0.369 e. The second kappa shape index (κ2) is 8.07. The van der Waals surface area contributed by atoms with Crippen molar-refractivity contribution in [2.75, 3.05) is 49.1 Å². The van der Waals surface area contributed by atoms with Crippen LogP contribution >= 0.6 is 0 Å². The predicted octanol–water partition coefficient (Wildman–Crippen LogP) is 1.19. The van der Waals surface area contributed by atoms with Crippen LogP contribution in [0.25, 0.3) is 0 Å². The second-order valence-electron chi connectivity index (χ2n) is 8.46. The lowest BCUT2D eigenvalue weighted by atomic mass is 10.1. The van der Waals surface area contributed by atoms with Gasteiger partial charge in [-0.3, -0.25) is 14.5 Å². The molecule has 1 aromatic carbocycles. The fourth-order valence-corrected chi connectivity index (χ4v) is 6.11. The molecule has 1 atom stereocenters. The lowest BCUT2D eigenvalue weighted by molar-refractivity contribution is -0.135. The van der Waals surface area contributed by atoms with Gasteiger partial charge in [-0.15, -0.1) is 0 Å². The summed E-state index contributed by atoms with van der Waals surface area (Å²) in [5, 5.41) is 0. The molecule has 4 rings (SSSR count). The number of carbonyl (C=O) groups excluding carboxylic acids is 2. The van der Waals surface area contributed by atoms with Crippen molar-refractivity contribution in [3.8, 4) is 0 Å². The third-order valence-electron chi connectivity index (χ3n) is 6.20. The number of sulfone groups is 1. The highest BCUT2D eigenvalue weighted by atomic mass is 32.2. The van der Waals surface area contributed by atoms with Gasteiger partial charge in [-0.25, -0.2) is 8.42 Å². The van der Waals surface area contributed by atoms with E-state index in [1.807, 2.05) is 29.2 Å². The Morgan fingerprint density at radius 1 is 1.00 bits per heavy atom. The van der Waals surface area contributed by atoms with Crippen molar-refractivity contribution in [1.29, 1.82) is 0 Å². The van der Waals surface area contributed by atoms with Crippen LogP contribution in [0.4, 0.5) is 5.69 Å². The van der Waals surface area contributed by atoms with Crippen molar-refractivity contribution in [2.24, 2.45) is 0 Å². The van der Waals surface area contributed by atoms with Gasteiger partial charge in [-0.2, -0.15) is 0 Å². The third kappa shape index (κ3) is 4.80. The average Bonchev–Trinajstić information content (AvgIpc) is 3.45. The molecule has 3 aliphatic rings. The van der Waals surface area contributed by atoms with E-state index in [1.54, 1.807) is 6.92 Å². The van der Waals surface area contributed by atoms with Crippen LogP contribution in [0.2, 0.25) is 0 Å². The van der Waals surface area contributed by atoms with Crippen molar-refractivity contribution in [2.45, 2.75) is 38.3 Å². The minimum absolute atomic E-state index is 0.0650. The van der Waals surface area contributed by atoms with E-state index in [-0.39, 0.29) is 35.3 Å². The van der Waals surface area contributed by atoms with Gasteiger partial charge < -0.3 is 9.80 Å². The molecule has 0 unspecified atom stereocenters. The molecule has 0 spiro atoms. The van der Waals surface area contributed by atoms with E-state index in [1.165, 1.54) is 0 Å². The van der Waals surface area contributed by atoms with Crippen molar-refractivity contribution >= 4 is 27.2 Å². The molecule has 2 heterocycles. The Bertz CT molecular complexity index is 872. The lowest BCUT2D eigenvalue weighted by Gasteiger charge is -2.37. The highest BCUT2D eigenvalue weighted by Crippen LogP contribution is 2.32. The summed E-state index contributed by atoms with van der Waals surface area (Å²) < 4.78 is 23.7. The number of piperazine rings is 1. The molecule has 1 aliphatic carbocycles. The van der Waals surface area contributed by atoms with E-state index < -0.39 is 9.84 Å². The third-order valence-corrected chi connectivity index (χ3v) is 7.95. The first-order valence-electron chi connectivity index (χ1n) is 10.4. The van der Waals surface area contributed by atoms with Crippen molar-refractivity contribution in [3.63, 3.8) is 0 Å². The molecule has 29 heavy (non-hydrogen) atoms. The fourth-order valence-electron chi connectivity index (χ4n) is 4.40. The number of Topliss-reactive ketones (excluding diaryl/α,β-unsaturated/α-hetero) is 1. The smallest absolute Gasteiger partial charge is 0.237 e. The number of ketones is 1. The van der Waals surface area contributed by atoms with Crippen LogP contribution in [0.15, 0.2) is 24.3 Å². The van der Waals surface area contributed by atoms with Crippen molar-refractivity contribution in [1.82, 2.24) is 9.80 Å². The number of rotatable bonds is 6. The number of hydrogen-bond donors (Lipinski definition) is 0. The zero-order valence-electron chi connectivity index (χ0n) is 16.9. The summed E-state index contributed by atoms with van der Waals surface area (Å²) in [6.45, 7) is 5.17. The number of hydrogen-bond acceptors (Lipinski definition) is 6. The van der Waals surface area contributed by atoms with Crippen LogP contribution in [0.1, 0.15) is 36.5 Å². The standard InChI is InChI=1S/C21H29N3O4S/c1-16(25)17-2-4-18(5-3-17)23-11-9-22(10-12-23)14-21(26)24(19-6-7-19)20-8-13-29(27,28)15-20/h2-5,19-20H,6-15H2,1H3/t20-/m0/s1. The van der Waals surface area contributed by atoms with E-state index >= 15 is 0 Å². The van der Waals surface area contributed by atoms with Gasteiger partial charge in [0.1, 0.15) is 0 Å². The zero-order chi connectivity index (χ0) is 20.6. The van der Waals surface area contributed by atoms with Crippen LogP contribution in [0.5, 0.6) is 0 Å². The van der Waals surface area contributed by atoms with Crippen LogP contribution in [0, 0.1) is 0 Å². The maximum absolute atomic E-state index is 13.0. The first kappa shape index (κ1) is 20.3. The maximum Gasteiger partial charge on any atom is 0.237 e. The van der Waals surface area contributed by atoms with Gasteiger partial charge >= 0.3 is 0 Å². The Balaban J connectivity index is 1.31. The topological polar surface area (TPSA) is 78.0 Å². The Morgan fingerprint density at radius 2 is 1.66 bits per heavy atom. The van der Waals surface area contributed by atoms with Gasteiger partial charge in [0.2, 0.25) is 5.91 Å². The molecular formula is C21H29N3O4S. The highest BCUT2D eigenvalue weighted by molar-refractivity contribution is 7.91. The molecule has 1 aromatic rings. The van der Waals surface area contributed by atoms with Gasteiger partial charge in [0, 0.05) is 49.5 Å². The van der Waals surface area contributed by atoms with E-state index in [2.05, 4.69) is 9.80 Å². The lowest BCUT2D eigenvalue weighted by Crippen LogP contribution is -2.52. The van der Waals surface area contributed by atoms with E-state index in [0.717, 1.165) is 44.7 Å². The quantitative estimate of drug-likeness (QED) is 0.645. The second-order valence-corrected chi connectivity index (χ2v) is 10.7. The molecule has 0 bridgehead atoms. The summed E-state index contributed by atoms with van der Waals surface area (Å²) in [6.07, 6.45) is 2.56. The van der Waals surface area contributed by atoms with Crippen LogP contribution in [-0.4, -0.2) is 86.2 Å². The summed E-state index contributed by atoms with van der Waals surface area (Å²) >= 11 is 0. The number of carbonyl (C=O) groups is 2. The summed E-state index contributed by atoms with van der Waals surface area (Å²) in [7, 11) is -2.99. The van der Waals surface area contributed by atoms with Crippen LogP contribution < -0.4 is 4.90 Å². The zero-order valence-corrected chi connectivity index (χ0v) is 17.7. The van der Waals surface area contributed by atoms with E-state index in [4.69, 9.17) is 0 Å². The van der Waals surface area contributed by atoms with Crippen LogP contribution in [-0.2, 0) is 14.6 Å². The van der Waals surface area contributed by atoms with Crippen molar-refractivity contribution in [3.05, 3.63) is 29.8 Å². The largest absolute Gasteiger partial charge is 0.369 e. The molecule has 2 aliphatic heterocycles. The Morgan fingerprint density at radius 3 is 2.17 bits per heavy atom. The predicted molar refractivity (Wildman–Crippen MR) is 112 cm³/mol. The van der Waals surface area contributed by atoms with Gasteiger partial charge in [-0.05, 0) is 50.5 Å². The van der Waals surface area contributed by atoms with Crippen molar-refractivity contribution < 1.29 is 18.0 Å². The summed E-state index contributed by atoms with van der Waals surface area (Å²) in [5.41, 5.74) is 1.81. The molecule has 3 fully saturated rings. The Labute approximate surface area is 172 Å². The molecule has 8 heteroatoms. The number of anilines is 1. The average molecular weight is 420 g/mol. The molecule has 158 valence electrons. The maximum atomic E-state index is 13.0. The first-order chi connectivity index (χ1) is 13.8. The van der Waals surface area contributed by atoms with Gasteiger partial charge in [0.05, 0.1) is 18.1 Å². The number of benzene rings is 1. The highest BCUT2D eigenvalue weighted by Gasteiger charge is 2.42. The Hall–Kier alpha value is -1.93. The van der Waals surface area contributed by atoms with Gasteiger partial charge in [0.15, 0.2) is 15.6 Å². The summed E-state index contributed by atoms with van der Waals surface area (Å²) in [4.78, 5) is 30.7. The first-order valence-corrected chi connectivity index (χ1v) is 12.2. The van der Waals surface area contributed by atoms with Crippen LogP contribution in [0.3, 0.4) is 0 Å². The van der Waals surface area contributed by atoms with E-state index in [9.17, 15) is 18.0 Å². The normalized spacial score (nSPS) is 24.4. The summed E-state index contributed by atoms with van der Waals surface area (Å²) in [6, 6.07) is 7.77. The molecule has 0 radical (unpaired) electrons. The Kier molecular flexibility index (Phi) is 5.66. The van der Waals surface area contributed by atoms with Gasteiger partial charge in [-0.1, -0.05) is 0 Å². The minimum atomic E-state index is -2.99. The monoisotopic (exact) mass is 419 g/mol. The molecule has 0 aromatic heterocycles. The molecule has 1 saturated carbocycles. The molecular weight excluding hydrogens is 390 g/mol. The molecule has 0 N–H and O–H groups in total. The fraction of sp³-hybridized carbons (Fsp3) is 0.619. The molecule has 2 saturated heterocycles. The number of nitrogens with zero attached hydrogens (tertiary/aromatic N) is 3. The van der Waals surface area contributed by atoms with E-state index in [0.29, 0.717) is 18.5 Å². The SMILES string of the molecule is CC(=O)c1ccc(N2CCN(CC(=O)N(C3CC3)[C@H]3CCS(=O)(=O)C3)CC2)cc1.